The Morgan fingerprint density at radius 1 is 1.30 bits per heavy atom. The Morgan fingerprint density at radius 3 is 2.96 bits per heavy atom. The molecule has 23 heavy (non-hydrogen) atoms. The van der Waals surface area contributed by atoms with E-state index in [9.17, 15) is 4.79 Å². The summed E-state index contributed by atoms with van der Waals surface area (Å²) in [5, 5.41) is 0. The molecule has 1 fully saturated rings. The summed E-state index contributed by atoms with van der Waals surface area (Å²) in [5.41, 5.74) is 1.32. The van der Waals surface area contributed by atoms with Gasteiger partial charge in [0.25, 0.3) is 0 Å². The lowest BCUT2D eigenvalue weighted by Gasteiger charge is -2.40. The van der Waals surface area contributed by atoms with Crippen molar-refractivity contribution in [3.05, 3.63) is 23.8 Å². The van der Waals surface area contributed by atoms with Crippen molar-refractivity contribution < 1.29 is 19.0 Å². The number of piperidine rings is 1. The van der Waals surface area contributed by atoms with Crippen LogP contribution in [0.15, 0.2) is 18.2 Å². The number of amides is 1. The van der Waals surface area contributed by atoms with Crippen molar-refractivity contribution in [1.29, 1.82) is 0 Å². The number of fused-ring (bicyclic) bond motifs is 1. The fourth-order valence-electron chi connectivity index (χ4n) is 3.41. The maximum Gasteiger partial charge on any atom is 0.231 e. The van der Waals surface area contributed by atoms with Crippen molar-refractivity contribution in [1.82, 2.24) is 4.90 Å². The Balaban J connectivity index is 1.65. The summed E-state index contributed by atoms with van der Waals surface area (Å²) in [6.07, 6.45) is 2.47. The number of likely N-dealkylation sites (tertiary alicyclic amines) is 1. The van der Waals surface area contributed by atoms with Gasteiger partial charge in [0.2, 0.25) is 12.7 Å². The first-order chi connectivity index (χ1) is 11.1. The number of benzene rings is 1. The Morgan fingerprint density at radius 2 is 2.13 bits per heavy atom. The van der Waals surface area contributed by atoms with E-state index in [2.05, 4.69) is 19.1 Å². The zero-order valence-electron chi connectivity index (χ0n) is 14.0. The van der Waals surface area contributed by atoms with Gasteiger partial charge in [0, 0.05) is 26.1 Å². The Bertz CT molecular complexity index is 574. The summed E-state index contributed by atoms with van der Waals surface area (Å²) in [6.45, 7) is 7.31. The van der Waals surface area contributed by atoms with Crippen LogP contribution >= 0.6 is 0 Å². The highest BCUT2D eigenvalue weighted by atomic mass is 16.7. The number of nitrogens with zero attached hydrogens (tertiary/aromatic N) is 1. The third-order valence-electron chi connectivity index (χ3n) is 4.65. The molecular weight excluding hydrogens is 294 g/mol. The summed E-state index contributed by atoms with van der Waals surface area (Å²) in [4.78, 5) is 14.1. The van der Waals surface area contributed by atoms with Crippen molar-refractivity contribution in [2.75, 3.05) is 33.1 Å². The van der Waals surface area contributed by atoms with E-state index < -0.39 is 0 Å². The molecule has 126 valence electrons. The zero-order valence-corrected chi connectivity index (χ0v) is 14.0. The monoisotopic (exact) mass is 319 g/mol. The van der Waals surface area contributed by atoms with Gasteiger partial charge in [-0.05, 0) is 42.9 Å². The van der Waals surface area contributed by atoms with Crippen molar-refractivity contribution in [3.63, 3.8) is 0 Å². The van der Waals surface area contributed by atoms with E-state index in [1.165, 1.54) is 5.56 Å². The molecule has 1 aromatic carbocycles. The van der Waals surface area contributed by atoms with E-state index in [0.29, 0.717) is 33.0 Å². The normalized spacial score (nSPS) is 23.4. The van der Waals surface area contributed by atoms with E-state index in [1.807, 2.05) is 17.9 Å². The Labute approximate surface area is 137 Å². The second-order valence-electron chi connectivity index (χ2n) is 6.69. The summed E-state index contributed by atoms with van der Waals surface area (Å²) in [5.74, 6) is 1.88. The van der Waals surface area contributed by atoms with Crippen molar-refractivity contribution in [3.8, 4) is 11.5 Å². The molecule has 0 saturated carbocycles. The fourth-order valence-corrected chi connectivity index (χ4v) is 3.41. The molecule has 0 radical (unpaired) electrons. The van der Waals surface area contributed by atoms with Gasteiger partial charge in [-0.15, -0.1) is 0 Å². The summed E-state index contributed by atoms with van der Waals surface area (Å²) >= 11 is 0. The van der Waals surface area contributed by atoms with Crippen LogP contribution in [0.5, 0.6) is 11.5 Å². The summed E-state index contributed by atoms with van der Waals surface area (Å²) in [6, 6.07) is 6.14. The van der Waals surface area contributed by atoms with Gasteiger partial charge in [-0.2, -0.15) is 0 Å². The van der Waals surface area contributed by atoms with Gasteiger partial charge in [-0.1, -0.05) is 13.0 Å². The zero-order chi connectivity index (χ0) is 16.3. The van der Waals surface area contributed by atoms with Crippen LogP contribution < -0.4 is 9.47 Å². The SMILES string of the molecule is CCOCCN1C[C@@](C)(Cc2ccc3c(c2)OCO3)CCC1=O. The predicted octanol–water partition coefficient (Wildman–Crippen LogP) is 2.62. The highest BCUT2D eigenvalue weighted by Gasteiger charge is 2.35. The first-order valence-corrected chi connectivity index (χ1v) is 8.34. The minimum Gasteiger partial charge on any atom is -0.454 e. The number of carbonyl (C=O) groups is 1. The Hall–Kier alpha value is -1.75. The molecule has 1 atom stereocenters. The van der Waals surface area contributed by atoms with Gasteiger partial charge in [-0.25, -0.2) is 0 Å². The lowest BCUT2D eigenvalue weighted by atomic mass is 9.76. The molecule has 0 bridgehead atoms. The molecule has 0 unspecified atom stereocenters. The average Bonchev–Trinajstić information content (AvgIpc) is 2.99. The molecule has 0 aromatic heterocycles. The van der Waals surface area contributed by atoms with Gasteiger partial charge >= 0.3 is 0 Å². The molecule has 1 amide bonds. The van der Waals surface area contributed by atoms with E-state index in [4.69, 9.17) is 14.2 Å². The van der Waals surface area contributed by atoms with E-state index >= 15 is 0 Å². The first kappa shape index (κ1) is 16.1. The molecule has 2 aliphatic heterocycles. The molecule has 2 aliphatic rings. The van der Waals surface area contributed by atoms with Crippen LogP contribution in [0.2, 0.25) is 0 Å². The van der Waals surface area contributed by atoms with Crippen molar-refractivity contribution >= 4 is 5.91 Å². The smallest absolute Gasteiger partial charge is 0.231 e. The molecular formula is C18H25NO4. The van der Waals surface area contributed by atoms with Gasteiger partial charge in [0.15, 0.2) is 11.5 Å². The topological polar surface area (TPSA) is 48.0 Å². The third-order valence-corrected chi connectivity index (χ3v) is 4.65. The molecule has 0 N–H and O–H groups in total. The van der Waals surface area contributed by atoms with Gasteiger partial charge in [0.05, 0.1) is 6.61 Å². The predicted molar refractivity (Wildman–Crippen MR) is 86.7 cm³/mol. The number of hydrogen-bond donors (Lipinski definition) is 0. The molecule has 5 nitrogen and oxygen atoms in total. The van der Waals surface area contributed by atoms with Gasteiger partial charge < -0.3 is 19.1 Å². The summed E-state index contributed by atoms with van der Waals surface area (Å²) < 4.78 is 16.2. The second kappa shape index (κ2) is 6.79. The number of rotatable bonds is 6. The van der Waals surface area contributed by atoms with Crippen LogP contribution in [-0.4, -0.2) is 43.9 Å². The Kier molecular flexibility index (Phi) is 4.76. The lowest BCUT2D eigenvalue weighted by molar-refractivity contribution is -0.138. The van der Waals surface area contributed by atoms with Crippen LogP contribution in [0.4, 0.5) is 0 Å². The second-order valence-corrected chi connectivity index (χ2v) is 6.69. The van der Waals surface area contributed by atoms with E-state index in [-0.39, 0.29) is 11.3 Å². The van der Waals surface area contributed by atoms with Crippen LogP contribution in [0.25, 0.3) is 0 Å². The number of hydrogen-bond acceptors (Lipinski definition) is 4. The minimum absolute atomic E-state index is 0.0911. The van der Waals surface area contributed by atoms with Crippen molar-refractivity contribution in [2.45, 2.75) is 33.1 Å². The molecule has 3 rings (SSSR count). The molecule has 0 aliphatic carbocycles. The standard InChI is InChI=1S/C18H25NO4/c1-3-21-9-8-19-12-18(2,7-6-17(19)20)11-14-4-5-15-16(10-14)23-13-22-15/h4-5,10H,3,6-9,11-13H2,1-2H3/t18-/m1/s1. The maximum atomic E-state index is 12.1. The van der Waals surface area contributed by atoms with Crippen LogP contribution in [-0.2, 0) is 16.0 Å². The summed E-state index contributed by atoms with van der Waals surface area (Å²) in [7, 11) is 0. The first-order valence-electron chi connectivity index (χ1n) is 8.34. The van der Waals surface area contributed by atoms with Gasteiger partial charge in [-0.3, -0.25) is 4.79 Å². The third kappa shape index (κ3) is 3.78. The molecule has 1 saturated heterocycles. The quantitative estimate of drug-likeness (QED) is 0.756. The number of carbonyl (C=O) groups excluding carboxylic acids is 1. The molecule has 2 heterocycles. The fraction of sp³-hybridized carbons (Fsp3) is 0.611. The van der Waals surface area contributed by atoms with E-state index in [0.717, 1.165) is 30.9 Å². The van der Waals surface area contributed by atoms with Crippen LogP contribution in [0.1, 0.15) is 32.3 Å². The minimum atomic E-state index is 0.0911. The lowest BCUT2D eigenvalue weighted by Crippen LogP contribution is -2.47. The largest absolute Gasteiger partial charge is 0.454 e. The van der Waals surface area contributed by atoms with Crippen LogP contribution in [0, 0.1) is 5.41 Å². The van der Waals surface area contributed by atoms with Crippen LogP contribution in [0.3, 0.4) is 0 Å². The molecule has 5 heteroatoms. The highest BCUT2D eigenvalue weighted by molar-refractivity contribution is 5.77. The van der Waals surface area contributed by atoms with Gasteiger partial charge in [0.1, 0.15) is 0 Å². The number of ether oxygens (including phenoxy) is 3. The molecule has 1 aromatic rings. The van der Waals surface area contributed by atoms with E-state index in [1.54, 1.807) is 0 Å². The van der Waals surface area contributed by atoms with Crippen molar-refractivity contribution in [2.24, 2.45) is 5.41 Å². The molecule has 0 spiro atoms. The maximum absolute atomic E-state index is 12.1. The highest BCUT2D eigenvalue weighted by Crippen LogP contribution is 2.37. The average molecular weight is 319 g/mol.